The molecule has 2 aromatic rings. The summed E-state index contributed by atoms with van der Waals surface area (Å²) in [5.41, 5.74) is -1.35. The first-order valence-electron chi connectivity index (χ1n) is 9.27. The molecule has 4 heterocycles. The SMILES string of the molecule is C[C@]1(O)CC2(CCN(Cc3nccs3)CC2)OC[C@@H]1NC(=O)c1ccco1. The van der Waals surface area contributed by atoms with Crippen molar-refractivity contribution in [1.82, 2.24) is 15.2 Å². The molecule has 2 atom stereocenters. The van der Waals surface area contributed by atoms with E-state index in [-0.39, 0.29) is 17.3 Å². The zero-order valence-electron chi connectivity index (χ0n) is 15.4. The molecular weight excluding hydrogens is 366 g/mol. The number of ether oxygens (including phenoxy) is 1. The Morgan fingerprint density at radius 2 is 2.30 bits per heavy atom. The number of carbonyl (C=O) groups is 1. The third-order valence-corrected chi connectivity index (χ3v) is 6.41. The monoisotopic (exact) mass is 391 g/mol. The Hall–Kier alpha value is -1.74. The highest BCUT2D eigenvalue weighted by Gasteiger charge is 2.49. The van der Waals surface area contributed by atoms with Crippen LogP contribution in [0.2, 0.25) is 0 Å². The van der Waals surface area contributed by atoms with E-state index in [1.807, 2.05) is 11.6 Å². The van der Waals surface area contributed by atoms with Gasteiger partial charge in [0.1, 0.15) is 5.01 Å². The Bertz CT molecular complexity index is 752. The predicted octanol–water partition coefficient (Wildman–Crippen LogP) is 2.04. The highest BCUT2D eigenvalue weighted by Crippen LogP contribution is 2.40. The van der Waals surface area contributed by atoms with Gasteiger partial charge in [-0.15, -0.1) is 11.3 Å². The van der Waals surface area contributed by atoms with Gasteiger partial charge in [0, 0.05) is 31.1 Å². The van der Waals surface area contributed by atoms with E-state index in [1.165, 1.54) is 6.26 Å². The Morgan fingerprint density at radius 3 is 2.93 bits per heavy atom. The van der Waals surface area contributed by atoms with Crippen molar-refractivity contribution in [2.24, 2.45) is 0 Å². The lowest BCUT2D eigenvalue weighted by Gasteiger charge is -2.51. The summed E-state index contributed by atoms with van der Waals surface area (Å²) in [4.78, 5) is 19.0. The van der Waals surface area contributed by atoms with Crippen LogP contribution in [0.15, 0.2) is 34.4 Å². The Balaban J connectivity index is 1.34. The summed E-state index contributed by atoms with van der Waals surface area (Å²) in [6.07, 6.45) is 5.54. The first kappa shape index (κ1) is 18.6. The van der Waals surface area contributed by atoms with Gasteiger partial charge in [0.15, 0.2) is 5.76 Å². The van der Waals surface area contributed by atoms with Gasteiger partial charge in [0.05, 0.1) is 36.7 Å². The second-order valence-corrected chi connectivity index (χ2v) is 8.71. The number of hydrogen-bond donors (Lipinski definition) is 2. The summed E-state index contributed by atoms with van der Waals surface area (Å²) < 4.78 is 11.3. The summed E-state index contributed by atoms with van der Waals surface area (Å²) >= 11 is 1.68. The third kappa shape index (κ3) is 4.08. The molecule has 0 saturated carbocycles. The first-order chi connectivity index (χ1) is 13.0. The molecule has 0 bridgehead atoms. The van der Waals surface area contributed by atoms with Gasteiger partial charge >= 0.3 is 0 Å². The van der Waals surface area contributed by atoms with Gasteiger partial charge in [-0.25, -0.2) is 4.98 Å². The minimum atomic E-state index is -1.03. The lowest BCUT2D eigenvalue weighted by molar-refractivity contribution is -0.186. The molecule has 2 saturated heterocycles. The molecule has 0 aliphatic carbocycles. The number of likely N-dealkylation sites (tertiary alicyclic amines) is 1. The fraction of sp³-hybridized carbons (Fsp3) is 0.579. The van der Waals surface area contributed by atoms with Gasteiger partial charge in [0.25, 0.3) is 5.91 Å². The van der Waals surface area contributed by atoms with Crippen LogP contribution in [0.25, 0.3) is 0 Å². The molecule has 1 spiro atoms. The van der Waals surface area contributed by atoms with E-state index >= 15 is 0 Å². The molecule has 27 heavy (non-hydrogen) atoms. The molecule has 7 nitrogen and oxygen atoms in total. The van der Waals surface area contributed by atoms with E-state index < -0.39 is 11.6 Å². The number of nitrogens with one attached hydrogen (secondary N) is 1. The van der Waals surface area contributed by atoms with Crippen LogP contribution in [0.1, 0.15) is 41.7 Å². The van der Waals surface area contributed by atoms with Crippen molar-refractivity contribution in [3.8, 4) is 0 Å². The summed E-state index contributed by atoms with van der Waals surface area (Å²) in [7, 11) is 0. The minimum absolute atomic E-state index is 0.238. The van der Waals surface area contributed by atoms with Crippen molar-refractivity contribution in [3.63, 3.8) is 0 Å². The number of piperidine rings is 1. The van der Waals surface area contributed by atoms with E-state index in [2.05, 4.69) is 15.2 Å². The number of hydrogen-bond acceptors (Lipinski definition) is 7. The molecule has 2 fully saturated rings. The normalized spacial score (nSPS) is 28.3. The van der Waals surface area contributed by atoms with Crippen LogP contribution in [0.5, 0.6) is 0 Å². The predicted molar refractivity (Wildman–Crippen MR) is 101 cm³/mol. The lowest BCUT2D eigenvalue weighted by atomic mass is 9.75. The van der Waals surface area contributed by atoms with Crippen LogP contribution in [0, 0.1) is 0 Å². The summed E-state index contributed by atoms with van der Waals surface area (Å²) in [6, 6.07) is 2.81. The molecule has 2 aliphatic rings. The molecule has 8 heteroatoms. The fourth-order valence-electron chi connectivity index (χ4n) is 4.06. The minimum Gasteiger partial charge on any atom is -0.459 e. The second-order valence-electron chi connectivity index (χ2n) is 7.73. The zero-order chi connectivity index (χ0) is 18.9. The van der Waals surface area contributed by atoms with Gasteiger partial charge in [-0.2, -0.15) is 0 Å². The lowest BCUT2D eigenvalue weighted by Crippen LogP contribution is -2.63. The molecule has 2 aliphatic heterocycles. The van der Waals surface area contributed by atoms with Crippen molar-refractivity contribution in [1.29, 1.82) is 0 Å². The molecule has 0 radical (unpaired) electrons. The maximum atomic E-state index is 12.2. The highest BCUT2D eigenvalue weighted by atomic mass is 32.1. The number of thiazole rings is 1. The third-order valence-electron chi connectivity index (χ3n) is 5.65. The van der Waals surface area contributed by atoms with Crippen LogP contribution in [0.4, 0.5) is 0 Å². The smallest absolute Gasteiger partial charge is 0.287 e. The van der Waals surface area contributed by atoms with Gasteiger partial charge in [0.2, 0.25) is 0 Å². The van der Waals surface area contributed by atoms with Crippen molar-refractivity contribution in [2.45, 2.75) is 50.0 Å². The number of amides is 1. The van der Waals surface area contributed by atoms with Gasteiger partial charge < -0.3 is 19.6 Å². The Labute approximate surface area is 162 Å². The quantitative estimate of drug-likeness (QED) is 0.829. The van der Waals surface area contributed by atoms with Crippen molar-refractivity contribution in [2.75, 3.05) is 19.7 Å². The van der Waals surface area contributed by atoms with E-state index in [4.69, 9.17) is 9.15 Å². The van der Waals surface area contributed by atoms with Gasteiger partial charge in [-0.05, 0) is 31.9 Å². The molecule has 2 aromatic heterocycles. The van der Waals surface area contributed by atoms with Crippen molar-refractivity contribution in [3.05, 3.63) is 40.7 Å². The maximum absolute atomic E-state index is 12.2. The van der Waals surface area contributed by atoms with E-state index in [0.717, 1.165) is 37.5 Å². The molecular formula is C19H25N3O4S. The summed E-state index contributed by atoms with van der Waals surface area (Å²) in [6.45, 7) is 4.78. The zero-order valence-corrected chi connectivity index (χ0v) is 16.2. The molecule has 0 aromatic carbocycles. The molecule has 2 N–H and O–H groups in total. The Kier molecular flexibility index (Phi) is 5.07. The topological polar surface area (TPSA) is 87.8 Å². The largest absolute Gasteiger partial charge is 0.459 e. The number of aromatic nitrogens is 1. The average Bonchev–Trinajstić information content (AvgIpc) is 3.33. The highest BCUT2D eigenvalue weighted by molar-refractivity contribution is 7.09. The van der Waals surface area contributed by atoms with Crippen LogP contribution in [-0.2, 0) is 11.3 Å². The van der Waals surface area contributed by atoms with Crippen LogP contribution in [-0.4, -0.2) is 57.8 Å². The number of aliphatic hydroxyl groups is 1. The van der Waals surface area contributed by atoms with Gasteiger partial charge in [-0.3, -0.25) is 9.69 Å². The molecule has 1 amide bonds. The average molecular weight is 391 g/mol. The van der Waals surface area contributed by atoms with Crippen LogP contribution < -0.4 is 5.32 Å². The fourth-order valence-corrected chi connectivity index (χ4v) is 4.72. The van der Waals surface area contributed by atoms with E-state index in [9.17, 15) is 9.90 Å². The molecule has 146 valence electrons. The van der Waals surface area contributed by atoms with Gasteiger partial charge in [-0.1, -0.05) is 0 Å². The number of carbonyl (C=O) groups excluding carboxylic acids is 1. The first-order valence-corrected chi connectivity index (χ1v) is 10.2. The van der Waals surface area contributed by atoms with E-state index in [0.29, 0.717) is 13.0 Å². The van der Waals surface area contributed by atoms with E-state index in [1.54, 1.807) is 30.4 Å². The van der Waals surface area contributed by atoms with Crippen LogP contribution >= 0.6 is 11.3 Å². The standard InChI is InChI=1S/C19H25N3O4S/c1-18(24)13-19(4-7-22(8-5-19)11-16-20-6-10-27-16)26-12-15(18)21-17(23)14-3-2-9-25-14/h2-3,6,9-10,15,24H,4-5,7-8,11-13H2,1H3,(H,21,23)/t15-,18-/m0/s1. The molecule has 4 rings (SSSR count). The number of furan rings is 1. The number of rotatable bonds is 4. The Morgan fingerprint density at radius 1 is 1.48 bits per heavy atom. The summed E-state index contributed by atoms with van der Waals surface area (Å²) in [5, 5.41) is 17.0. The number of nitrogens with zero attached hydrogens (tertiary/aromatic N) is 2. The maximum Gasteiger partial charge on any atom is 0.287 e. The summed E-state index contributed by atoms with van der Waals surface area (Å²) in [5.74, 6) is -0.0929. The van der Waals surface area contributed by atoms with Crippen molar-refractivity contribution >= 4 is 17.2 Å². The van der Waals surface area contributed by atoms with Crippen molar-refractivity contribution < 1.29 is 19.1 Å². The van der Waals surface area contributed by atoms with Crippen LogP contribution in [0.3, 0.4) is 0 Å². The second kappa shape index (κ2) is 7.35. The molecule has 0 unspecified atom stereocenters.